The predicted molar refractivity (Wildman–Crippen MR) is 390 cm³/mol. The van der Waals surface area contributed by atoms with E-state index in [1.54, 1.807) is 6.08 Å². The number of allylic oxidation sites excluding steroid dienone is 11. The van der Waals surface area contributed by atoms with E-state index in [0.717, 1.165) is 109 Å². The van der Waals surface area contributed by atoms with Gasteiger partial charge in [-0.25, -0.2) is 9.13 Å². The van der Waals surface area contributed by atoms with Gasteiger partial charge in [0.15, 0.2) is 12.2 Å². The lowest BCUT2D eigenvalue weighted by Crippen LogP contribution is -2.30. The van der Waals surface area contributed by atoms with Crippen LogP contribution in [0.25, 0.3) is 0 Å². The summed E-state index contributed by atoms with van der Waals surface area (Å²) in [4.78, 5) is 72.7. The van der Waals surface area contributed by atoms with E-state index in [1.807, 2.05) is 18.2 Å². The molecule has 5 atom stereocenters. The van der Waals surface area contributed by atoms with E-state index in [2.05, 4.69) is 76.3 Å². The topological polar surface area (TPSA) is 237 Å². The van der Waals surface area contributed by atoms with Gasteiger partial charge in [-0.1, -0.05) is 306 Å². The van der Waals surface area contributed by atoms with Crippen molar-refractivity contribution < 1.29 is 80.2 Å². The van der Waals surface area contributed by atoms with Gasteiger partial charge in [-0.05, 0) is 77.0 Å². The molecule has 0 rings (SSSR count). The van der Waals surface area contributed by atoms with Gasteiger partial charge < -0.3 is 33.8 Å². The standard InChI is InChI=1S/C77H138O17P2/c1-5-9-13-17-21-25-29-33-35-39-41-45-49-53-57-61-74(79)87-67-72(93-76(81)63-59-55-51-47-43-37-31-27-23-19-15-11-7-3)69-91-95(83,84)89-65-71(78)66-90-96(85,86)92-70-73(94-77(82)64-60-56-52-48-44-38-32-28-24-20-16-12-8-4)68-88-75(80)62-58-54-50-46-42-40-36-34-30-26-22-18-14-10-6-2/h9,13,21,25,27,31,33,35,41,45,53,57,71-73,78H,5-8,10-12,14-20,22-24,26,28-30,32,34,36-40,42-44,46-52,54-56,58-70H2,1-4H3,(H,83,84)(H,85,86)/b13-9-,25-21-,31-27-,35-33-,45-41-,57-53-. The van der Waals surface area contributed by atoms with E-state index in [1.165, 1.54) is 148 Å². The van der Waals surface area contributed by atoms with Gasteiger partial charge >= 0.3 is 39.5 Å². The molecule has 0 aliphatic heterocycles. The highest BCUT2D eigenvalue weighted by atomic mass is 31.2. The van der Waals surface area contributed by atoms with Crippen molar-refractivity contribution in [2.24, 2.45) is 0 Å². The molecule has 0 radical (unpaired) electrons. The van der Waals surface area contributed by atoms with Crippen LogP contribution in [-0.4, -0.2) is 96.7 Å². The maximum atomic E-state index is 13.1. The first kappa shape index (κ1) is 92.5. The number of aliphatic hydroxyl groups is 1. The number of phosphoric ester groups is 2. The number of rotatable bonds is 72. The van der Waals surface area contributed by atoms with Gasteiger partial charge in [0.25, 0.3) is 0 Å². The van der Waals surface area contributed by atoms with Crippen molar-refractivity contribution >= 4 is 39.5 Å². The molecule has 0 fully saturated rings. The van der Waals surface area contributed by atoms with Crippen molar-refractivity contribution in [1.29, 1.82) is 0 Å². The third-order valence-corrected chi connectivity index (χ3v) is 18.1. The Hall–Kier alpha value is -3.50. The number of phosphoric acid groups is 2. The van der Waals surface area contributed by atoms with Gasteiger partial charge in [-0.2, -0.15) is 0 Å². The minimum absolute atomic E-state index is 0.0679. The molecule has 0 saturated heterocycles. The molecular weight excluding hydrogens is 1260 g/mol. The van der Waals surface area contributed by atoms with Crippen molar-refractivity contribution in [1.82, 2.24) is 0 Å². The minimum atomic E-state index is -4.99. The summed E-state index contributed by atoms with van der Waals surface area (Å²) >= 11 is 0. The molecule has 0 aromatic rings. The van der Waals surface area contributed by atoms with Crippen LogP contribution in [0.2, 0.25) is 0 Å². The minimum Gasteiger partial charge on any atom is -0.462 e. The van der Waals surface area contributed by atoms with Crippen LogP contribution in [0.5, 0.6) is 0 Å². The molecule has 0 amide bonds. The monoisotopic (exact) mass is 1400 g/mol. The van der Waals surface area contributed by atoms with Crippen LogP contribution in [0.4, 0.5) is 0 Å². The number of unbranched alkanes of at least 4 members (excludes halogenated alkanes) is 35. The molecule has 0 aromatic heterocycles. The quantitative estimate of drug-likeness (QED) is 0.0169. The summed E-state index contributed by atoms with van der Waals surface area (Å²) in [7, 11) is -9.96. The van der Waals surface area contributed by atoms with E-state index in [4.69, 9.17) is 37.0 Å². The third kappa shape index (κ3) is 69.0. The summed E-state index contributed by atoms with van der Waals surface area (Å²) in [6.07, 6.45) is 69.2. The maximum absolute atomic E-state index is 13.1. The van der Waals surface area contributed by atoms with Crippen LogP contribution in [-0.2, 0) is 65.4 Å². The van der Waals surface area contributed by atoms with E-state index in [0.29, 0.717) is 25.7 Å². The lowest BCUT2D eigenvalue weighted by Gasteiger charge is -2.21. The van der Waals surface area contributed by atoms with Gasteiger partial charge in [-0.15, -0.1) is 0 Å². The second kappa shape index (κ2) is 70.0. The molecule has 0 heterocycles. The Morgan fingerprint density at radius 2 is 0.583 bits per heavy atom. The Bertz CT molecular complexity index is 2110. The highest BCUT2D eigenvalue weighted by molar-refractivity contribution is 7.47. The van der Waals surface area contributed by atoms with Crippen LogP contribution in [0, 0.1) is 0 Å². The van der Waals surface area contributed by atoms with Gasteiger partial charge in [-0.3, -0.25) is 37.3 Å². The zero-order valence-corrected chi connectivity index (χ0v) is 62.6. The number of hydrogen-bond donors (Lipinski definition) is 3. The average molecular weight is 1400 g/mol. The summed E-state index contributed by atoms with van der Waals surface area (Å²) in [5.41, 5.74) is 0. The SMILES string of the molecule is CC/C=C\C/C=C\C/C=C\C/C=C\C/C=C\CC(=O)OCC(COP(=O)(O)OCC(O)COP(=O)(O)OCC(COC(=O)CCCCCCCCCCCCCCCCC)OC(=O)CCCCCCCCCCCCCCC)OC(=O)CCCCCCC/C=C\CCCCCC. The predicted octanol–water partition coefficient (Wildman–Crippen LogP) is 21.7. The first-order valence-electron chi connectivity index (χ1n) is 38.2. The van der Waals surface area contributed by atoms with Crippen LogP contribution in [0.3, 0.4) is 0 Å². The van der Waals surface area contributed by atoms with Gasteiger partial charge in [0.05, 0.1) is 32.8 Å². The number of hydrogen-bond acceptors (Lipinski definition) is 15. The fraction of sp³-hybridized carbons (Fsp3) is 0.792. The highest BCUT2D eigenvalue weighted by Gasteiger charge is 2.30. The molecule has 0 aliphatic carbocycles. The van der Waals surface area contributed by atoms with Crippen LogP contribution >= 0.6 is 15.6 Å². The molecule has 19 heteroatoms. The molecule has 17 nitrogen and oxygen atoms in total. The molecule has 0 bridgehead atoms. The fourth-order valence-corrected chi connectivity index (χ4v) is 12.0. The number of aliphatic hydroxyl groups excluding tert-OH is 1. The molecule has 0 aromatic carbocycles. The molecular formula is C77H138O17P2. The van der Waals surface area contributed by atoms with Gasteiger partial charge in [0, 0.05) is 19.3 Å². The Morgan fingerprint density at radius 1 is 0.312 bits per heavy atom. The zero-order valence-electron chi connectivity index (χ0n) is 60.8. The summed E-state index contributed by atoms with van der Waals surface area (Å²) in [6.45, 7) is 4.67. The van der Waals surface area contributed by atoms with Crippen LogP contribution in [0.15, 0.2) is 72.9 Å². The Kier molecular flexibility index (Phi) is 67.4. The van der Waals surface area contributed by atoms with Gasteiger partial charge in [0.1, 0.15) is 19.3 Å². The van der Waals surface area contributed by atoms with Crippen molar-refractivity contribution in [3.05, 3.63) is 72.9 Å². The second-order valence-electron chi connectivity index (χ2n) is 25.6. The van der Waals surface area contributed by atoms with E-state index < -0.39 is 97.5 Å². The lowest BCUT2D eigenvalue weighted by atomic mass is 10.0. The zero-order chi connectivity index (χ0) is 70.4. The van der Waals surface area contributed by atoms with Crippen molar-refractivity contribution in [3.8, 4) is 0 Å². The van der Waals surface area contributed by atoms with Crippen molar-refractivity contribution in [2.45, 2.75) is 354 Å². The van der Waals surface area contributed by atoms with E-state index >= 15 is 0 Å². The van der Waals surface area contributed by atoms with Crippen LogP contribution in [0.1, 0.15) is 336 Å². The second-order valence-corrected chi connectivity index (χ2v) is 28.5. The Balaban J connectivity index is 5.37. The number of carbonyl (C=O) groups excluding carboxylic acids is 4. The average Bonchev–Trinajstić information content (AvgIpc) is 1.14. The largest absolute Gasteiger partial charge is 0.472 e. The third-order valence-electron chi connectivity index (χ3n) is 16.2. The van der Waals surface area contributed by atoms with E-state index in [-0.39, 0.29) is 25.7 Å². The van der Waals surface area contributed by atoms with Crippen LogP contribution < -0.4 is 0 Å². The maximum Gasteiger partial charge on any atom is 0.472 e. The lowest BCUT2D eigenvalue weighted by molar-refractivity contribution is -0.161. The molecule has 0 spiro atoms. The molecule has 3 N–H and O–H groups in total. The normalized spacial score (nSPS) is 14.4. The Labute approximate surface area is 583 Å². The molecule has 5 unspecified atom stereocenters. The summed E-state index contributed by atoms with van der Waals surface area (Å²) < 4.78 is 68.3. The van der Waals surface area contributed by atoms with Crippen molar-refractivity contribution in [3.63, 3.8) is 0 Å². The van der Waals surface area contributed by atoms with Crippen molar-refractivity contribution in [2.75, 3.05) is 39.6 Å². The first-order valence-corrected chi connectivity index (χ1v) is 41.2. The van der Waals surface area contributed by atoms with Gasteiger partial charge in [0.2, 0.25) is 0 Å². The highest BCUT2D eigenvalue weighted by Crippen LogP contribution is 2.45. The number of ether oxygens (including phenoxy) is 4. The molecule has 96 heavy (non-hydrogen) atoms. The fourth-order valence-electron chi connectivity index (χ4n) is 10.4. The van der Waals surface area contributed by atoms with E-state index in [9.17, 15) is 43.2 Å². The summed E-state index contributed by atoms with van der Waals surface area (Å²) in [5, 5.41) is 10.6. The Morgan fingerprint density at radius 3 is 0.927 bits per heavy atom. The number of esters is 4. The summed E-state index contributed by atoms with van der Waals surface area (Å²) in [6, 6.07) is 0. The molecule has 0 aliphatic rings. The molecule has 558 valence electrons. The molecule has 0 saturated carbocycles. The smallest absolute Gasteiger partial charge is 0.462 e. The first-order chi connectivity index (χ1) is 46.7. The summed E-state index contributed by atoms with van der Waals surface area (Å²) in [5.74, 6) is -2.30. The number of carbonyl (C=O) groups is 4.